The van der Waals surface area contributed by atoms with Crippen LogP contribution in [0.3, 0.4) is 0 Å². The van der Waals surface area contributed by atoms with Gasteiger partial charge >= 0.3 is 0 Å². The molecule has 0 bridgehead atoms. The first-order valence-electron chi connectivity index (χ1n) is 6.58. The first-order chi connectivity index (χ1) is 8.07. The topological polar surface area (TPSA) is 54.5 Å². The lowest BCUT2D eigenvalue weighted by molar-refractivity contribution is -0.131. The molecule has 0 radical (unpaired) electrons. The Morgan fingerprint density at radius 2 is 1.76 bits per heavy atom. The van der Waals surface area contributed by atoms with Crippen molar-refractivity contribution in [3.63, 3.8) is 0 Å². The summed E-state index contributed by atoms with van der Waals surface area (Å²) < 4.78 is 23.3. The third-order valence-electron chi connectivity index (χ3n) is 4.49. The summed E-state index contributed by atoms with van der Waals surface area (Å²) in [7, 11) is -2.89. The lowest BCUT2D eigenvalue weighted by Crippen LogP contribution is -2.44. The Morgan fingerprint density at radius 1 is 1.06 bits per heavy atom. The first-order valence-corrected chi connectivity index (χ1v) is 8.40. The molecule has 0 spiro atoms. The summed E-state index contributed by atoms with van der Waals surface area (Å²) in [6.07, 6.45) is 6.20. The molecule has 2 heterocycles. The summed E-state index contributed by atoms with van der Waals surface area (Å²) in [4.78, 5) is 14.0. The van der Waals surface area contributed by atoms with Gasteiger partial charge in [0, 0.05) is 18.4 Å². The van der Waals surface area contributed by atoms with Crippen molar-refractivity contribution in [1.29, 1.82) is 0 Å². The zero-order valence-electron chi connectivity index (χ0n) is 9.97. The lowest BCUT2D eigenvalue weighted by atomic mass is 9.93. The number of nitrogens with zero attached hydrogens (tertiary/aromatic N) is 1. The summed E-state index contributed by atoms with van der Waals surface area (Å²) in [6, 6.07) is 0.315. The van der Waals surface area contributed by atoms with E-state index in [0.29, 0.717) is 12.5 Å². The number of carbonyl (C=O) groups excluding carboxylic acids is 1. The van der Waals surface area contributed by atoms with Gasteiger partial charge in [-0.3, -0.25) is 4.79 Å². The van der Waals surface area contributed by atoms with E-state index >= 15 is 0 Å². The van der Waals surface area contributed by atoms with E-state index < -0.39 is 9.84 Å². The summed E-state index contributed by atoms with van der Waals surface area (Å²) in [5, 5.41) is 0. The van der Waals surface area contributed by atoms with Gasteiger partial charge in [-0.15, -0.1) is 0 Å². The van der Waals surface area contributed by atoms with Gasteiger partial charge in [0.2, 0.25) is 5.91 Å². The molecule has 2 saturated heterocycles. The van der Waals surface area contributed by atoms with Gasteiger partial charge in [-0.25, -0.2) is 8.42 Å². The van der Waals surface area contributed by atoms with Crippen LogP contribution in [-0.2, 0) is 14.6 Å². The predicted molar refractivity (Wildman–Crippen MR) is 64.3 cm³/mol. The van der Waals surface area contributed by atoms with Crippen LogP contribution in [0, 0.1) is 5.92 Å². The van der Waals surface area contributed by atoms with Crippen LogP contribution < -0.4 is 0 Å². The van der Waals surface area contributed by atoms with Crippen LogP contribution >= 0.6 is 0 Å². The Hall–Kier alpha value is -0.580. The molecule has 3 aliphatic rings. The fourth-order valence-electron chi connectivity index (χ4n) is 3.75. The molecule has 0 N–H and O–H groups in total. The Bertz CT molecular complexity index is 425. The van der Waals surface area contributed by atoms with Crippen LogP contribution in [0.15, 0.2) is 0 Å². The average Bonchev–Trinajstić information content (AvgIpc) is 2.69. The maximum Gasteiger partial charge on any atom is 0.223 e. The molecule has 2 atom stereocenters. The fourth-order valence-corrected chi connectivity index (χ4v) is 5.83. The number of fused-ring (bicyclic) bond motifs is 1. The van der Waals surface area contributed by atoms with Gasteiger partial charge in [0.25, 0.3) is 0 Å². The van der Waals surface area contributed by atoms with Crippen molar-refractivity contribution < 1.29 is 13.2 Å². The molecular weight excluding hydrogens is 238 g/mol. The molecule has 3 rings (SSSR count). The van der Waals surface area contributed by atoms with Gasteiger partial charge in [-0.05, 0) is 12.8 Å². The number of carbonyl (C=O) groups is 1. The molecule has 5 heteroatoms. The van der Waals surface area contributed by atoms with Gasteiger partial charge < -0.3 is 4.90 Å². The van der Waals surface area contributed by atoms with Crippen molar-refractivity contribution in [2.75, 3.05) is 11.5 Å². The average molecular weight is 257 g/mol. The maximum atomic E-state index is 12.0. The second-order valence-corrected chi connectivity index (χ2v) is 7.86. The van der Waals surface area contributed by atoms with E-state index in [1.807, 2.05) is 4.90 Å². The Morgan fingerprint density at radius 3 is 2.47 bits per heavy atom. The fraction of sp³-hybridized carbons (Fsp3) is 0.917. The molecule has 0 aromatic heterocycles. The molecule has 1 amide bonds. The number of sulfone groups is 1. The highest BCUT2D eigenvalue weighted by molar-refractivity contribution is 7.91. The molecule has 4 nitrogen and oxygen atoms in total. The summed E-state index contributed by atoms with van der Waals surface area (Å²) >= 11 is 0. The zero-order chi connectivity index (χ0) is 12.0. The highest BCUT2D eigenvalue weighted by Gasteiger charge is 2.50. The smallest absolute Gasteiger partial charge is 0.223 e. The summed E-state index contributed by atoms with van der Waals surface area (Å²) in [6.45, 7) is 0. The van der Waals surface area contributed by atoms with E-state index in [1.165, 1.54) is 19.3 Å². The van der Waals surface area contributed by atoms with Crippen molar-refractivity contribution >= 4 is 15.7 Å². The minimum Gasteiger partial charge on any atom is -0.335 e. The maximum absolute atomic E-state index is 12.0. The minimum atomic E-state index is -2.89. The van der Waals surface area contributed by atoms with Gasteiger partial charge in [-0.1, -0.05) is 19.3 Å². The number of hydrogen-bond donors (Lipinski definition) is 0. The third-order valence-corrected chi connectivity index (χ3v) is 6.27. The molecule has 2 aliphatic heterocycles. The van der Waals surface area contributed by atoms with E-state index in [2.05, 4.69) is 0 Å². The van der Waals surface area contributed by atoms with Crippen LogP contribution in [0.2, 0.25) is 0 Å². The highest BCUT2D eigenvalue weighted by Crippen LogP contribution is 2.38. The van der Waals surface area contributed by atoms with Crippen LogP contribution in [0.4, 0.5) is 0 Å². The van der Waals surface area contributed by atoms with E-state index in [9.17, 15) is 13.2 Å². The lowest BCUT2D eigenvalue weighted by Gasteiger charge is -2.35. The molecule has 0 aromatic rings. The third kappa shape index (κ3) is 1.98. The van der Waals surface area contributed by atoms with Crippen molar-refractivity contribution in [1.82, 2.24) is 4.90 Å². The SMILES string of the molecule is O=C1C[C@H]2CS(=O)(=O)C[C@@H]2N1C1CCCCC1. The monoisotopic (exact) mass is 257 g/mol. The normalized spacial score (nSPS) is 37.4. The second kappa shape index (κ2) is 3.97. The van der Waals surface area contributed by atoms with E-state index in [4.69, 9.17) is 0 Å². The Balaban J connectivity index is 1.81. The molecule has 17 heavy (non-hydrogen) atoms. The highest BCUT2D eigenvalue weighted by atomic mass is 32.2. The number of rotatable bonds is 1. The van der Waals surface area contributed by atoms with Crippen LogP contribution in [0.1, 0.15) is 38.5 Å². The molecule has 1 saturated carbocycles. The zero-order valence-corrected chi connectivity index (χ0v) is 10.8. The molecule has 96 valence electrons. The second-order valence-electron chi connectivity index (χ2n) is 5.70. The first kappa shape index (κ1) is 11.5. The Labute approximate surface area is 102 Å². The van der Waals surface area contributed by atoms with Gasteiger partial charge in [0.05, 0.1) is 17.5 Å². The summed E-state index contributed by atoms with van der Waals surface area (Å²) in [5.41, 5.74) is 0. The quantitative estimate of drug-likeness (QED) is 0.703. The molecular formula is C12H19NO3S. The van der Waals surface area contributed by atoms with Crippen LogP contribution in [-0.4, -0.2) is 42.8 Å². The molecule has 1 aliphatic carbocycles. The molecule has 3 fully saturated rings. The van der Waals surface area contributed by atoms with Crippen LogP contribution in [0.25, 0.3) is 0 Å². The number of amides is 1. The van der Waals surface area contributed by atoms with Gasteiger partial charge in [-0.2, -0.15) is 0 Å². The number of hydrogen-bond acceptors (Lipinski definition) is 3. The largest absolute Gasteiger partial charge is 0.335 e. The van der Waals surface area contributed by atoms with E-state index in [-0.39, 0.29) is 29.4 Å². The van der Waals surface area contributed by atoms with Crippen LogP contribution in [0.5, 0.6) is 0 Å². The Kier molecular flexibility index (Phi) is 2.69. The molecule has 0 aromatic carbocycles. The van der Waals surface area contributed by atoms with Crippen molar-refractivity contribution in [2.45, 2.75) is 50.6 Å². The minimum absolute atomic E-state index is 0.00407. The molecule has 0 unspecified atom stereocenters. The predicted octanol–water partition coefficient (Wildman–Crippen LogP) is 0.965. The van der Waals surface area contributed by atoms with Crippen molar-refractivity contribution in [3.05, 3.63) is 0 Å². The standard InChI is InChI=1S/C12H19NO3S/c14-12-6-9-7-17(15,16)8-11(9)13(12)10-4-2-1-3-5-10/h9-11H,1-8H2/t9-,11-/m0/s1. The van der Waals surface area contributed by atoms with E-state index in [0.717, 1.165) is 12.8 Å². The summed E-state index contributed by atoms with van der Waals surface area (Å²) in [5.74, 6) is 0.711. The number of likely N-dealkylation sites (tertiary alicyclic amines) is 1. The van der Waals surface area contributed by atoms with Crippen molar-refractivity contribution in [2.24, 2.45) is 5.92 Å². The van der Waals surface area contributed by atoms with Gasteiger partial charge in [0.1, 0.15) is 0 Å². The van der Waals surface area contributed by atoms with E-state index in [1.54, 1.807) is 0 Å². The van der Waals surface area contributed by atoms with Crippen molar-refractivity contribution in [3.8, 4) is 0 Å². The van der Waals surface area contributed by atoms with Gasteiger partial charge in [0.15, 0.2) is 9.84 Å².